The number of imidazole rings is 1. The first-order chi connectivity index (χ1) is 20.8. The first kappa shape index (κ1) is 28.1. The SMILES string of the molecule is CC(=O)c1ccc2nc(CN3CCN(c4cccc5c4O[C@@H](c4ccc(Cl)cc4F)CO5)C[C@@H]3C)n(C[C@@H]3CCO3)c2c1. The molecule has 3 atom stereocenters. The number of piperazine rings is 1. The molecule has 0 amide bonds. The van der Waals surface area contributed by atoms with E-state index in [2.05, 4.69) is 21.3 Å². The van der Waals surface area contributed by atoms with Crippen molar-refractivity contribution >= 4 is 34.1 Å². The van der Waals surface area contributed by atoms with Crippen molar-refractivity contribution in [3.05, 3.63) is 82.4 Å². The summed E-state index contributed by atoms with van der Waals surface area (Å²) in [7, 11) is 0. The molecule has 0 saturated carbocycles. The molecule has 224 valence electrons. The molecule has 1 aromatic heterocycles. The minimum Gasteiger partial charge on any atom is -0.485 e. The molecule has 3 aliphatic rings. The van der Waals surface area contributed by atoms with Gasteiger partial charge in [0, 0.05) is 48.4 Å². The molecule has 0 N–H and O–H groups in total. The van der Waals surface area contributed by atoms with Gasteiger partial charge >= 0.3 is 0 Å². The van der Waals surface area contributed by atoms with Crippen LogP contribution in [-0.2, 0) is 17.8 Å². The van der Waals surface area contributed by atoms with E-state index in [0.29, 0.717) is 34.2 Å². The molecule has 2 saturated heterocycles. The molecule has 3 aromatic carbocycles. The second-order valence-corrected chi connectivity index (χ2v) is 12.1. The fourth-order valence-corrected chi connectivity index (χ4v) is 6.38. The highest BCUT2D eigenvalue weighted by atomic mass is 35.5. The molecule has 0 spiro atoms. The number of ketones is 1. The van der Waals surface area contributed by atoms with Crippen molar-refractivity contribution in [1.82, 2.24) is 14.5 Å². The number of rotatable bonds is 7. The van der Waals surface area contributed by atoms with E-state index in [1.165, 1.54) is 6.07 Å². The molecule has 10 heteroatoms. The molecule has 7 rings (SSSR count). The summed E-state index contributed by atoms with van der Waals surface area (Å²) in [5.74, 6) is 1.92. The van der Waals surface area contributed by atoms with E-state index in [4.69, 9.17) is 30.8 Å². The van der Waals surface area contributed by atoms with Crippen LogP contribution in [0.4, 0.5) is 10.1 Å². The van der Waals surface area contributed by atoms with Crippen LogP contribution in [0.1, 0.15) is 48.1 Å². The average Bonchev–Trinajstić information content (AvgIpc) is 3.31. The van der Waals surface area contributed by atoms with E-state index in [9.17, 15) is 9.18 Å². The van der Waals surface area contributed by atoms with Gasteiger partial charge in [-0.25, -0.2) is 9.37 Å². The molecule has 0 unspecified atom stereocenters. The largest absolute Gasteiger partial charge is 0.485 e. The van der Waals surface area contributed by atoms with Gasteiger partial charge in [0.1, 0.15) is 18.2 Å². The Bertz CT molecular complexity index is 1690. The van der Waals surface area contributed by atoms with Gasteiger partial charge < -0.3 is 23.7 Å². The number of carbonyl (C=O) groups excluding carboxylic acids is 1. The van der Waals surface area contributed by atoms with Crippen LogP contribution in [0.5, 0.6) is 11.5 Å². The maximum absolute atomic E-state index is 14.7. The second-order valence-electron chi connectivity index (χ2n) is 11.6. The number of para-hydroxylation sites is 1. The smallest absolute Gasteiger partial charge is 0.185 e. The number of hydrogen-bond donors (Lipinski definition) is 0. The van der Waals surface area contributed by atoms with Gasteiger partial charge in [0.15, 0.2) is 23.4 Å². The molecule has 4 heterocycles. The van der Waals surface area contributed by atoms with Crippen LogP contribution in [0, 0.1) is 5.82 Å². The summed E-state index contributed by atoms with van der Waals surface area (Å²) in [4.78, 5) is 21.9. The fraction of sp³-hybridized carbons (Fsp3) is 0.394. The number of ether oxygens (including phenoxy) is 3. The van der Waals surface area contributed by atoms with Gasteiger partial charge in [-0.2, -0.15) is 0 Å². The minimum absolute atomic E-state index is 0.0444. The van der Waals surface area contributed by atoms with Crippen LogP contribution in [0.3, 0.4) is 0 Å². The third-order valence-electron chi connectivity index (χ3n) is 8.78. The molecule has 0 aliphatic carbocycles. The maximum Gasteiger partial charge on any atom is 0.185 e. The maximum atomic E-state index is 14.7. The summed E-state index contributed by atoms with van der Waals surface area (Å²) in [5, 5.41) is 0.346. The number of carbonyl (C=O) groups is 1. The Hall–Kier alpha value is -3.66. The lowest BCUT2D eigenvalue weighted by Crippen LogP contribution is -2.52. The van der Waals surface area contributed by atoms with E-state index >= 15 is 0 Å². The number of aromatic nitrogens is 2. The molecule has 43 heavy (non-hydrogen) atoms. The van der Waals surface area contributed by atoms with Crippen LogP contribution in [0.25, 0.3) is 11.0 Å². The molecule has 3 aliphatic heterocycles. The van der Waals surface area contributed by atoms with Crippen molar-refractivity contribution in [3.63, 3.8) is 0 Å². The Morgan fingerprint density at radius 2 is 2.00 bits per heavy atom. The van der Waals surface area contributed by atoms with E-state index in [1.54, 1.807) is 19.1 Å². The number of hydrogen-bond acceptors (Lipinski definition) is 7. The molecule has 0 radical (unpaired) electrons. The van der Waals surface area contributed by atoms with E-state index in [1.807, 2.05) is 36.4 Å². The Kier molecular flexibility index (Phi) is 7.49. The lowest BCUT2D eigenvalue weighted by Gasteiger charge is -2.42. The molecule has 0 bridgehead atoms. The lowest BCUT2D eigenvalue weighted by molar-refractivity contribution is -0.0592. The highest BCUT2D eigenvalue weighted by molar-refractivity contribution is 6.30. The summed E-state index contributed by atoms with van der Waals surface area (Å²) in [6.45, 7) is 8.63. The minimum atomic E-state index is -0.569. The molecule has 4 aromatic rings. The highest BCUT2D eigenvalue weighted by Gasteiger charge is 2.32. The zero-order chi connectivity index (χ0) is 29.7. The van der Waals surface area contributed by atoms with Crippen LogP contribution in [0.15, 0.2) is 54.6 Å². The zero-order valence-electron chi connectivity index (χ0n) is 24.3. The Morgan fingerprint density at radius 1 is 1.14 bits per heavy atom. The van der Waals surface area contributed by atoms with E-state index < -0.39 is 11.9 Å². The first-order valence-corrected chi connectivity index (χ1v) is 15.2. The summed E-state index contributed by atoms with van der Waals surface area (Å²) >= 11 is 5.97. The number of fused-ring (bicyclic) bond motifs is 2. The number of halogens is 2. The van der Waals surface area contributed by atoms with Gasteiger partial charge in [0.2, 0.25) is 0 Å². The van der Waals surface area contributed by atoms with Crippen LogP contribution in [0.2, 0.25) is 5.02 Å². The van der Waals surface area contributed by atoms with Crippen molar-refractivity contribution in [2.24, 2.45) is 0 Å². The summed E-state index contributed by atoms with van der Waals surface area (Å²) in [5.41, 5.74) is 3.92. The molecular weight excluding hydrogens is 571 g/mol. The summed E-state index contributed by atoms with van der Waals surface area (Å²) in [6, 6.07) is 16.5. The van der Waals surface area contributed by atoms with Gasteiger partial charge in [-0.05, 0) is 62.7 Å². The molecule has 8 nitrogen and oxygen atoms in total. The summed E-state index contributed by atoms with van der Waals surface area (Å²) in [6.07, 6.45) is 0.628. The van der Waals surface area contributed by atoms with Gasteiger partial charge in [-0.3, -0.25) is 9.69 Å². The quantitative estimate of drug-likeness (QED) is 0.238. The standard InChI is InChI=1S/C33H34ClFN4O4/c1-20-16-38(28-4-3-5-30-33(28)43-31(19-42-30)25-8-7-23(34)15-26(25)35)12-11-37(20)18-32-36-27-9-6-22(21(2)40)14-29(27)39(32)17-24-10-13-41-24/h3-9,14-15,20,24,31H,10-13,16-19H2,1-2H3/t20-,24-,31+/m0/s1. The van der Waals surface area contributed by atoms with E-state index in [-0.39, 0.29) is 24.5 Å². The zero-order valence-corrected chi connectivity index (χ0v) is 25.0. The Morgan fingerprint density at radius 3 is 2.74 bits per heavy atom. The third-order valence-corrected chi connectivity index (χ3v) is 9.02. The van der Waals surface area contributed by atoms with Crippen LogP contribution in [-0.4, -0.2) is 65.2 Å². The van der Waals surface area contributed by atoms with Crippen molar-refractivity contribution in [3.8, 4) is 11.5 Å². The second kappa shape index (κ2) is 11.4. The normalized spacial score (nSPS) is 22.0. The van der Waals surface area contributed by atoms with Gasteiger partial charge in [-0.15, -0.1) is 0 Å². The summed E-state index contributed by atoms with van der Waals surface area (Å²) < 4.78 is 35.2. The average molecular weight is 605 g/mol. The number of nitrogens with zero attached hydrogens (tertiary/aromatic N) is 4. The monoisotopic (exact) mass is 604 g/mol. The predicted molar refractivity (Wildman–Crippen MR) is 163 cm³/mol. The predicted octanol–water partition coefficient (Wildman–Crippen LogP) is 6.04. The van der Waals surface area contributed by atoms with Crippen LogP contribution < -0.4 is 14.4 Å². The van der Waals surface area contributed by atoms with Crippen molar-refractivity contribution in [1.29, 1.82) is 0 Å². The lowest BCUT2D eigenvalue weighted by atomic mass is 10.1. The van der Waals surface area contributed by atoms with Crippen molar-refractivity contribution in [2.45, 2.75) is 51.6 Å². The van der Waals surface area contributed by atoms with Gasteiger partial charge in [0.05, 0.1) is 35.9 Å². The van der Waals surface area contributed by atoms with Crippen LogP contribution >= 0.6 is 11.6 Å². The third kappa shape index (κ3) is 5.46. The number of benzene rings is 3. The van der Waals surface area contributed by atoms with Crippen molar-refractivity contribution in [2.75, 3.05) is 37.7 Å². The Balaban J connectivity index is 1.10. The van der Waals surface area contributed by atoms with E-state index in [0.717, 1.165) is 61.8 Å². The van der Waals surface area contributed by atoms with Gasteiger partial charge in [0.25, 0.3) is 0 Å². The number of Topliss-reactive ketones (excluding diaryl/α,β-unsaturated/α-hetero) is 1. The van der Waals surface area contributed by atoms with Crippen molar-refractivity contribution < 1.29 is 23.4 Å². The number of anilines is 1. The molecular formula is C33H34ClFN4O4. The molecule has 2 fully saturated rings. The Labute approximate surface area is 254 Å². The fourth-order valence-electron chi connectivity index (χ4n) is 6.22. The van der Waals surface area contributed by atoms with Gasteiger partial charge in [-0.1, -0.05) is 23.7 Å². The topological polar surface area (TPSA) is 69.1 Å². The highest BCUT2D eigenvalue weighted by Crippen LogP contribution is 2.44. The first-order valence-electron chi connectivity index (χ1n) is 14.8.